The van der Waals surface area contributed by atoms with Gasteiger partial charge in [0.05, 0.1) is 39.9 Å². The molecule has 1 amide bonds. The Hall–Kier alpha value is -2.06. The van der Waals surface area contributed by atoms with Crippen LogP contribution < -0.4 is 5.32 Å². The van der Waals surface area contributed by atoms with Gasteiger partial charge in [-0.15, -0.1) is 0 Å². The standard InChI is InChI=1S/C59H109N2O6P/c1-6-8-10-12-14-16-18-20-22-23-24-25-26-27-28-29-30-31-32-33-34-35-36-37-39-41-43-45-47-49-51-53-59(63)60-57(56-67-68(64,65)66-55-54-61(3,4)5)58(62)52-50-48-46-44-42-40-38-21-19-17-15-13-11-9-7-2/h8,10,14,16,20,22,24-25,27-28,30-31,57-58,62H,6-7,9,11-13,15,17-19,21,23,26,29,32-56H2,1-5H3,(H-,60,63,64,65)/p+1/b10-8-,16-14-,22-20-,25-24-,28-27-,31-30-. The van der Waals surface area contributed by atoms with Gasteiger partial charge in [0.2, 0.25) is 5.91 Å². The van der Waals surface area contributed by atoms with Gasteiger partial charge in [-0.3, -0.25) is 13.8 Å². The van der Waals surface area contributed by atoms with Crippen LogP contribution in [0.4, 0.5) is 0 Å². The Labute approximate surface area is 421 Å². The molecule has 8 nitrogen and oxygen atoms in total. The van der Waals surface area contributed by atoms with Crippen LogP contribution in [0.5, 0.6) is 0 Å². The Kier molecular flexibility index (Phi) is 48.4. The van der Waals surface area contributed by atoms with Crippen LogP contribution in [-0.2, 0) is 18.4 Å². The van der Waals surface area contributed by atoms with Crippen LogP contribution in [0.2, 0.25) is 0 Å². The first-order chi connectivity index (χ1) is 33.0. The smallest absolute Gasteiger partial charge is 0.391 e. The Bertz CT molecular complexity index is 1330. The summed E-state index contributed by atoms with van der Waals surface area (Å²) >= 11 is 0. The van der Waals surface area contributed by atoms with Crippen LogP contribution in [0, 0.1) is 0 Å². The fraction of sp³-hybridized carbons (Fsp3) is 0.780. The molecule has 0 heterocycles. The van der Waals surface area contributed by atoms with Gasteiger partial charge in [0.25, 0.3) is 0 Å². The molecule has 0 aromatic carbocycles. The number of hydrogen-bond acceptors (Lipinski definition) is 5. The Balaban J connectivity index is 4.12. The Morgan fingerprint density at radius 2 is 0.882 bits per heavy atom. The van der Waals surface area contributed by atoms with E-state index in [9.17, 15) is 19.4 Å². The summed E-state index contributed by atoms with van der Waals surface area (Å²) in [7, 11) is 1.61. The fourth-order valence-electron chi connectivity index (χ4n) is 8.05. The van der Waals surface area contributed by atoms with Gasteiger partial charge in [-0.2, -0.15) is 0 Å². The van der Waals surface area contributed by atoms with Gasteiger partial charge < -0.3 is 19.8 Å². The lowest BCUT2D eigenvalue weighted by atomic mass is 10.0. The molecule has 0 aliphatic rings. The summed E-state index contributed by atoms with van der Waals surface area (Å²) in [4.78, 5) is 23.3. The number of rotatable bonds is 51. The fourth-order valence-corrected chi connectivity index (χ4v) is 8.79. The van der Waals surface area contributed by atoms with Gasteiger partial charge in [-0.1, -0.05) is 247 Å². The number of unbranched alkanes of at least 4 members (excludes halogenated alkanes) is 26. The summed E-state index contributed by atoms with van der Waals surface area (Å²) in [5.74, 6) is -0.148. The number of carbonyl (C=O) groups excluding carboxylic acids is 1. The second-order valence-electron chi connectivity index (χ2n) is 20.3. The second-order valence-corrected chi connectivity index (χ2v) is 21.7. The van der Waals surface area contributed by atoms with Crippen LogP contribution in [0.1, 0.15) is 245 Å². The highest BCUT2D eigenvalue weighted by Gasteiger charge is 2.28. The zero-order valence-electron chi connectivity index (χ0n) is 45.1. The average Bonchev–Trinajstić information content (AvgIpc) is 3.30. The predicted octanol–water partition coefficient (Wildman–Crippen LogP) is 17.1. The number of nitrogens with zero attached hydrogens (tertiary/aromatic N) is 1. The van der Waals surface area contributed by atoms with Crippen LogP contribution in [-0.4, -0.2) is 73.4 Å². The van der Waals surface area contributed by atoms with Gasteiger partial charge in [-0.05, 0) is 64.2 Å². The van der Waals surface area contributed by atoms with Crippen LogP contribution >= 0.6 is 7.82 Å². The zero-order valence-corrected chi connectivity index (χ0v) is 46.0. The van der Waals surface area contributed by atoms with Crippen LogP contribution in [0.3, 0.4) is 0 Å². The third-order valence-corrected chi connectivity index (χ3v) is 13.5. The highest BCUT2D eigenvalue weighted by molar-refractivity contribution is 7.47. The molecule has 0 bridgehead atoms. The third-order valence-electron chi connectivity index (χ3n) is 12.5. The molecule has 3 atom stereocenters. The highest BCUT2D eigenvalue weighted by atomic mass is 31.2. The summed E-state index contributed by atoms with van der Waals surface area (Å²) in [5, 5.41) is 14.0. The summed E-state index contributed by atoms with van der Waals surface area (Å²) in [6.07, 6.45) is 68.1. The molecule has 68 heavy (non-hydrogen) atoms. The number of aliphatic hydroxyl groups excluding tert-OH is 1. The molecule has 9 heteroatoms. The zero-order chi connectivity index (χ0) is 49.9. The summed E-state index contributed by atoms with van der Waals surface area (Å²) < 4.78 is 23.7. The van der Waals surface area contributed by atoms with Crippen molar-refractivity contribution in [1.82, 2.24) is 5.32 Å². The SMILES string of the molecule is CC/C=C\C/C=C\C/C=C\C/C=C\C/C=C\C/C=C\CCCCCCCCCCCCCCC(=O)NC(COP(=O)(O)OCC[N+](C)(C)C)C(O)CCCCCCCCCCCCCCCCC. The number of aliphatic hydroxyl groups is 1. The van der Waals surface area contributed by atoms with Crippen molar-refractivity contribution in [3.05, 3.63) is 72.9 Å². The lowest BCUT2D eigenvalue weighted by Gasteiger charge is -2.26. The molecule has 3 unspecified atom stereocenters. The van der Waals surface area contributed by atoms with Crippen molar-refractivity contribution in [2.75, 3.05) is 40.9 Å². The van der Waals surface area contributed by atoms with Crippen molar-refractivity contribution in [1.29, 1.82) is 0 Å². The average molecular weight is 975 g/mol. The Morgan fingerprint density at radius 3 is 1.29 bits per heavy atom. The molecular formula is C59H110N2O6P+. The number of likely N-dealkylation sites (N-methyl/N-ethyl adjacent to an activating group) is 1. The monoisotopic (exact) mass is 974 g/mol. The molecule has 0 aromatic rings. The van der Waals surface area contributed by atoms with Crippen molar-refractivity contribution in [3.8, 4) is 0 Å². The molecule has 3 N–H and O–H groups in total. The molecule has 0 aliphatic heterocycles. The van der Waals surface area contributed by atoms with Gasteiger partial charge in [0.1, 0.15) is 13.2 Å². The molecule has 0 saturated carbocycles. The minimum atomic E-state index is -4.32. The minimum Gasteiger partial charge on any atom is -0.391 e. The molecular weight excluding hydrogens is 864 g/mol. The number of hydrogen-bond donors (Lipinski definition) is 3. The van der Waals surface area contributed by atoms with E-state index in [2.05, 4.69) is 92.1 Å². The number of phosphoric acid groups is 1. The van der Waals surface area contributed by atoms with Crippen molar-refractivity contribution >= 4 is 13.7 Å². The van der Waals surface area contributed by atoms with Crippen molar-refractivity contribution in [3.63, 3.8) is 0 Å². The predicted molar refractivity (Wildman–Crippen MR) is 295 cm³/mol. The van der Waals surface area contributed by atoms with E-state index in [4.69, 9.17) is 9.05 Å². The third kappa shape index (κ3) is 51.8. The number of carbonyl (C=O) groups is 1. The lowest BCUT2D eigenvalue weighted by Crippen LogP contribution is -2.46. The summed E-state index contributed by atoms with van der Waals surface area (Å²) in [5.41, 5.74) is 0. The second kappa shape index (κ2) is 49.9. The highest BCUT2D eigenvalue weighted by Crippen LogP contribution is 2.43. The normalized spacial score (nSPS) is 14.5. The molecule has 0 aliphatic carbocycles. The largest absolute Gasteiger partial charge is 0.472 e. The maximum absolute atomic E-state index is 13.0. The maximum atomic E-state index is 13.0. The number of quaternary nitrogens is 1. The first-order valence-corrected chi connectivity index (χ1v) is 29.8. The molecule has 0 radical (unpaired) electrons. The van der Waals surface area contributed by atoms with Crippen molar-refractivity contribution < 1.29 is 32.9 Å². The first kappa shape index (κ1) is 65.9. The van der Waals surface area contributed by atoms with E-state index in [0.717, 1.165) is 77.0 Å². The van der Waals surface area contributed by atoms with E-state index in [-0.39, 0.29) is 19.1 Å². The van der Waals surface area contributed by atoms with Gasteiger partial charge in [0, 0.05) is 6.42 Å². The summed E-state index contributed by atoms with van der Waals surface area (Å²) in [6.45, 7) is 4.78. The van der Waals surface area contributed by atoms with Gasteiger partial charge in [0.15, 0.2) is 0 Å². The van der Waals surface area contributed by atoms with E-state index >= 15 is 0 Å². The number of phosphoric ester groups is 1. The Morgan fingerprint density at radius 1 is 0.515 bits per heavy atom. The molecule has 0 aromatic heterocycles. The van der Waals surface area contributed by atoms with E-state index in [1.165, 1.54) is 141 Å². The van der Waals surface area contributed by atoms with E-state index in [1.807, 2.05) is 21.1 Å². The molecule has 0 saturated heterocycles. The summed E-state index contributed by atoms with van der Waals surface area (Å²) in [6, 6.07) is -0.765. The van der Waals surface area contributed by atoms with Crippen LogP contribution in [0.15, 0.2) is 72.9 Å². The van der Waals surface area contributed by atoms with Gasteiger partial charge >= 0.3 is 7.82 Å². The van der Waals surface area contributed by atoms with E-state index < -0.39 is 20.0 Å². The maximum Gasteiger partial charge on any atom is 0.472 e. The van der Waals surface area contributed by atoms with Gasteiger partial charge in [-0.25, -0.2) is 4.57 Å². The molecule has 0 spiro atoms. The van der Waals surface area contributed by atoms with E-state index in [1.54, 1.807) is 0 Å². The van der Waals surface area contributed by atoms with E-state index in [0.29, 0.717) is 23.9 Å². The topological polar surface area (TPSA) is 105 Å². The van der Waals surface area contributed by atoms with Crippen molar-refractivity contribution in [2.45, 2.75) is 257 Å². The molecule has 396 valence electrons. The molecule has 0 fully saturated rings. The number of allylic oxidation sites excluding steroid dienone is 12. The first-order valence-electron chi connectivity index (χ1n) is 28.3. The minimum absolute atomic E-state index is 0.0722. The van der Waals surface area contributed by atoms with Crippen molar-refractivity contribution in [2.24, 2.45) is 0 Å². The number of amides is 1. The lowest BCUT2D eigenvalue weighted by molar-refractivity contribution is -0.870. The number of nitrogens with one attached hydrogen (secondary N) is 1. The quantitative estimate of drug-likeness (QED) is 0.0243. The van der Waals surface area contributed by atoms with Crippen LogP contribution in [0.25, 0.3) is 0 Å². The molecule has 0 rings (SSSR count).